The van der Waals surface area contributed by atoms with Crippen LogP contribution in [0.25, 0.3) is 0 Å². The van der Waals surface area contributed by atoms with Crippen LogP contribution in [-0.2, 0) is 4.74 Å². The highest BCUT2D eigenvalue weighted by atomic mass is 16.5. The molecule has 1 heterocycles. The summed E-state index contributed by atoms with van der Waals surface area (Å²) in [7, 11) is 0. The van der Waals surface area contributed by atoms with Gasteiger partial charge in [-0.05, 0) is 31.2 Å². The molecule has 0 bridgehead atoms. The zero-order chi connectivity index (χ0) is 15.2. The second-order valence-electron chi connectivity index (χ2n) is 4.20. The third-order valence-corrected chi connectivity index (χ3v) is 2.66. The fourth-order valence-electron chi connectivity index (χ4n) is 1.75. The first-order chi connectivity index (χ1) is 10.1. The van der Waals surface area contributed by atoms with Gasteiger partial charge in [0.2, 0.25) is 0 Å². The van der Waals surface area contributed by atoms with Crippen LogP contribution in [0.5, 0.6) is 0 Å². The number of carbonyl (C=O) groups excluding carboxylic acids is 1. The zero-order valence-electron chi connectivity index (χ0n) is 11.5. The van der Waals surface area contributed by atoms with E-state index in [9.17, 15) is 4.79 Å². The molecule has 3 N–H and O–H groups in total. The smallest absolute Gasteiger partial charge is 0.341 e. The number of nitrogens with zero attached hydrogens (tertiary/aromatic N) is 2. The van der Waals surface area contributed by atoms with Gasteiger partial charge in [0.1, 0.15) is 11.4 Å². The van der Waals surface area contributed by atoms with Crippen molar-refractivity contribution >= 4 is 23.2 Å². The van der Waals surface area contributed by atoms with Crippen LogP contribution in [0, 0.1) is 11.3 Å². The maximum absolute atomic E-state index is 11.9. The second kappa shape index (κ2) is 6.39. The minimum absolute atomic E-state index is 0.249. The molecule has 106 valence electrons. The van der Waals surface area contributed by atoms with Gasteiger partial charge in [-0.15, -0.1) is 0 Å². The van der Waals surface area contributed by atoms with Crippen LogP contribution in [-0.4, -0.2) is 17.6 Å². The fourth-order valence-corrected chi connectivity index (χ4v) is 1.75. The van der Waals surface area contributed by atoms with Gasteiger partial charge in [0.15, 0.2) is 0 Å². The number of anilines is 3. The number of hydrogen-bond acceptors (Lipinski definition) is 6. The van der Waals surface area contributed by atoms with Crippen LogP contribution in [0.3, 0.4) is 0 Å². The summed E-state index contributed by atoms with van der Waals surface area (Å²) in [4.78, 5) is 16.0. The number of nitriles is 1. The number of nitrogen functional groups attached to an aromatic ring is 1. The molecule has 0 aliphatic heterocycles. The topological polar surface area (TPSA) is 101 Å². The third kappa shape index (κ3) is 3.48. The average Bonchev–Trinajstić information content (AvgIpc) is 2.49. The molecule has 6 heteroatoms. The molecule has 0 aliphatic rings. The predicted molar refractivity (Wildman–Crippen MR) is 79.0 cm³/mol. The van der Waals surface area contributed by atoms with Crippen LogP contribution in [0.2, 0.25) is 0 Å². The summed E-state index contributed by atoms with van der Waals surface area (Å²) in [6, 6.07) is 10.4. The first-order valence-electron chi connectivity index (χ1n) is 6.34. The highest BCUT2D eigenvalue weighted by Gasteiger charge is 2.14. The van der Waals surface area contributed by atoms with E-state index in [-0.39, 0.29) is 12.2 Å². The van der Waals surface area contributed by atoms with Crippen molar-refractivity contribution in [3.05, 3.63) is 47.7 Å². The Hall–Kier alpha value is -3.07. The number of nitrogens with two attached hydrogens (primary N) is 1. The highest BCUT2D eigenvalue weighted by Crippen LogP contribution is 2.22. The molecule has 0 saturated heterocycles. The number of benzene rings is 1. The summed E-state index contributed by atoms with van der Waals surface area (Å²) >= 11 is 0. The number of hydrogen-bond donors (Lipinski definition) is 2. The van der Waals surface area contributed by atoms with E-state index in [4.69, 9.17) is 15.7 Å². The van der Waals surface area contributed by atoms with Gasteiger partial charge in [-0.25, -0.2) is 9.78 Å². The molecule has 0 fully saturated rings. The first-order valence-corrected chi connectivity index (χ1v) is 6.34. The standard InChI is InChI=1S/C15H14N4O2/c1-2-21-15(20)13-7-11(17)9-18-14(13)19-12-5-3-4-10(6-12)8-16/h3-7,9H,2,17H2,1H3,(H,18,19). The lowest BCUT2D eigenvalue weighted by molar-refractivity contribution is 0.0527. The van der Waals surface area contributed by atoms with E-state index in [1.54, 1.807) is 31.2 Å². The summed E-state index contributed by atoms with van der Waals surface area (Å²) in [5.41, 5.74) is 7.44. The molecule has 0 aliphatic carbocycles. The Morgan fingerprint density at radius 1 is 1.48 bits per heavy atom. The molecule has 0 spiro atoms. The number of nitrogens with one attached hydrogen (secondary N) is 1. The summed E-state index contributed by atoms with van der Waals surface area (Å²) in [5, 5.41) is 11.9. The van der Waals surface area contributed by atoms with Gasteiger partial charge in [0.05, 0.1) is 30.1 Å². The van der Waals surface area contributed by atoms with Crippen molar-refractivity contribution in [1.82, 2.24) is 4.98 Å². The summed E-state index contributed by atoms with van der Waals surface area (Å²) in [6.45, 7) is 1.98. The highest BCUT2D eigenvalue weighted by molar-refractivity contribution is 5.96. The fraction of sp³-hybridized carbons (Fsp3) is 0.133. The Kier molecular flexibility index (Phi) is 4.36. The number of ether oxygens (including phenoxy) is 1. The van der Waals surface area contributed by atoms with E-state index in [1.165, 1.54) is 12.3 Å². The molecule has 0 radical (unpaired) electrons. The molecule has 0 amide bonds. The van der Waals surface area contributed by atoms with E-state index < -0.39 is 5.97 Å². The van der Waals surface area contributed by atoms with E-state index >= 15 is 0 Å². The van der Waals surface area contributed by atoms with Gasteiger partial charge in [-0.3, -0.25) is 0 Å². The van der Waals surface area contributed by atoms with Crippen molar-refractivity contribution in [2.45, 2.75) is 6.92 Å². The minimum atomic E-state index is -0.503. The Bertz CT molecular complexity index is 707. The normalized spacial score (nSPS) is 9.71. The molecule has 0 saturated carbocycles. The quantitative estimate of drug-likeness (QED) is 0.835. The van der Waals surface area contributed by atoms with Crippen LogP contribution >= 0.6 is 0 Å². The maximum atomic E-state index is 11.9. The molecule has 0 atom stereocenters. The SMILES string of the molecule is CCOC(=O)c1cc(N)cnc1Nc1cccc(C#N)c1. The van der Waals surface area contributed by atoms with Crippen molar-refractivity contribution in [2.24, 2.45) is 0 Å². The van der Waals surface area contributed by atoms with Crippen molar-refractivity contribution in [3.8, 4) is 6.07 Å². The van der Waals surface area contributed by atoms with Gasteiger partial charge >= 0.3 is 5.97 Å². The molecular weight excluding hydrogens is 268 g/mol. The van der Waals surface area contributed by atoms with Crippen LogP contribution < -0.4 is 11.1 Å². The molecule has 2 aromatic rings. The van der Waals surface area contributed by atoms with Gasteiger partial charge in [-0.2, -0.15) is 5.26 Å². The molecular formula is C15H14N4O2. The predicted octanol–water partition coefficient (Wildman–Crippen LogP) is 2.46. The van der Waals surface area contributed by atoms with Crippen LogP contribution in [0.15, 0.2) is 36.5 Å². The summed E-state index contributed by atoms with van der Waals surface area (Å²) in [5.74, 6) is -0.172. The largest absolute Gasteiger partial charge is 0.462 e. The lowest BCUT2D eigenvalue weighted by Gasteiger charge is -2.11. The molecule has 21 heavy (non-hydrogen) atoms. The molecule has 1 aromatic heterocycles. The van der Waals surface area contributed by atoms with E-state index in [1.807, 2.05) is 6.07 Å². The van der Waals surface area contributed by atoms with Crippen LogP contribution in [0.4, 0.5) is 17.2 Å². The zero-order valence-corrected chi connectivity index (χ0v) is 11.5. The minimum Gasteiger partial charge on any atom is -0.462 e. The Morgan fingerprint density at radius 3 is 3.00 bits per heavy atom. The monoisotopic (exact) mass is 282 g/mol. The third-order valence-electron chi connectivity index (χ3n) is 2.66. The van der Waals surface area contributed by atoms with Gasteiger partial charge in [-0.1, -0.05) is 6.07 Å². The molecule has 0 unspecified atom stereocenters. The number of esters is 1. The Morgan fingerprint density at radius 2 is 2.29 bits per heavy atom. The number of pyridine rings is 1. The maximum Gasteiger partial charge on any atom is 0.341 e. The van der Waals surface area contributed by atoms with Crippen LogP contribution in [0.1, 0.15) is 22.8 Å². The molecule has 2 rings (SSSR count). The number of carbonyl (C=O) groups is 1. The molecule has 6 nitrogen and oxygen atoms in total. The van der Waals surface area contributed by atoms with Gasteiger partial charge in [0.25, 0.3) is 0 Å². The molecule has 1 aromatic carbocycles. The first kappa shape index (κ1) is 14.3. The van der Waals surface area contributed by atoms with Gasteiger partial charge < -0.3 is 15.8 Å². The van der Waals surface area contributed by atoms with Crippen molar-refractivity contribution in [3.63, 3.8) is 0 Å². The second-order valence-corrected chi connectivity index (χ2v) is 4.20. The van der Waals surface area contributed by atoms with E-state index in [2.05, 4.69) is 10.3 Å². The Labute approximate surface area is 122 Å². The lowest BCUT2D eigenvalue weighted by Crippen LogP contribution is -2.10. The lowest BCUT2D eigenvalue weighted by atomic mass is 10.2. The number of rotatable bonds is 4. The van der Waals surface area contributed by atoms with E-state index in [0.717, 1.165) is 0 Å². The summed E-state index contributed by atoms with van der Waals surface area (Å²) in [6.07, 6.45) is 1.44. The number of aromatic nitrogens is 1. The van der Waals surface area contributed by atoms with Crippen molar-refractivity contribution in [2.75, 3.05) is 17.7 Å². The van der Waals surface area contributed by atoms with Crippen molar-refractivity contribution in [1.29, 1.82) is 5.26 Å². The van der Waals surface area contributed by atoms with E-state index in [0.29, 0.717) is 22.8 Å². The Balaban J connectivity index is 2.35. The summed E-state index contributed by atoms with van der Waals surface area (Å²) < 4.78 is 4.98. The average molecular weight is 282 g/mol. The van der Waals surface area contributed by atoms with Gasteiger partial charge in [0, 0.05) is 5.69 Å². The van der Waals surface area contributed by atoms with Crippen molar-refractivity contribution < 1.29 is 9.53 Å².